The smallest absolute Gasteiger partial charge is 0.241 e. The highest BCUT2D eigenvalue weighted by atomic mass is 19.1. The van der Waals surface area contributed by atoms with Crippen molar-refractivity contribution in [3.8, 4) is 11.8 Å². The lowest BCUT2D eigenvalue weighted by atomic mass is 9.67. The minimum atomic E-state index is -1.76. The standard InChI is InChI=1S/C28H22FN3O3/c1-35-21-11-7-17(8-12-21)24-25(26(33)18-5-3-2-4-6-18)32-22-13-10-20(29)15-19(22)9-14-23(32)28(24,16-30)27(31)34/h2-15,23-25H,1H3,(H2,31,34)/t23-,24+,25+,28+/m0/s1. The van der Waals surface area contributed by atoms with Crippen molar-refractivity contribution in [3.63, 3.8) is 0 Å². The third-order valence-electron chi connectivity index (χ3n) is 6.99. The van der Waals surface area contributed by atoms with Gasteiger partial charge in [0.1, 0.15) is 17.6 Å². The molecule has 3 aromatic carbocycles. The molecule has 1 fully saturated rings. The van der Waals surface area contributed by atoms with Crippen LogP contribution in [0.3, 0.4) is 0 Å². The average Bonchev–Trinajstić information content (AvgIpc) is 3.20. The number of ether oxygens (including phenoxy) is 1. The number of fused-ring (bicyclic) bond motifs is 3. The minimum absolute atomic E-state index is 0.264. The van der Waals surface area contributed by atoms with E-state index in [9.17, 15) is 19.2 Å². The topological polar surface area (TPSA) is 96.4 Å². The van der Waals surface area contributed by atoms with Gasteiger partial charge in [-0.05, 0) is 35.9 Å². The minimum Gasteiger partial charge on any atom is -0.497 e. The molecule has 5 rings (SSSR count). The Bertz CT molecular complexity index is 1380. The molecule has 1 saturated heterocycles. The van der Waals surface area contributed by atoms with Crippen LogP contribution in [0.15, 0.2) is 78.9 Å². The third-order valence-corrected chi connectivity index (χ3v) is 6.99. The van der Waals surface area contributed by atoms with Crippen molar-refractivity contribution in [2.45, 2.75) is 18.0 Å². The van der Waals surface area contributed by atoms with E-state index in [4.69, 9.17) is 10.5 Å². The summed E-state index contributed by atoms with van der Waals surface area (Å²) in [5.74, 6) is -1.81. The molecule has 2 heterocycles. The average molecular weight is 468 g/mol. The molecule has 7 heteroatoms. The van der Waals surface area contributed by atoms with Crippen LogP contribution in [0.5, 0.6) is 5.75 Å². The Morgan fingerprint density at radius 1 is 1.09 bits per heavy atom. The number of amides is 1. The third kappa shape index (κ3) is 3.29. The molecule has 1 amide bonds. The molecule has 0 radical (unpaired) electrons. The SMILES string of the molecule is COc1ccc([C@@H]2[C@H](C(=O)c3ccccc3)N3c4ccc(F)cc4C=C[C@H]3[C@@]2(C#N)C(N)=O)cc1. The number of nitriles is 1. The number of ketones is 1. The number of nitrogens with zero attached hydrogens (tertiary/aromatic N) is 2. The number of methoxy groups -OCH3 is 1. The predicted octanol–water partition coefficient (Wildman–Crippen LogP) is 4.08. The van der Waals surface area contributed by atoms with Crippen molar-refractivity contribution in [1.82, 2.24) is 0 Å². The van der Waals surface area contributed by atoms with E-state index in [0.717, 1.165) is 0 Å². The molecular formula is C28H22FN3O3. The van der Waals surface area contributed by atoms with Crippen molar-refractivity contribution < 1.29 is 18.7 Å². The van der Waals surface area contributed by atoms with Crippen molar-refractivity contribution in [2.75, 3.05) is 12.0 Å². The van der Waals surface area contributed by atoms with Gasteiger partial charge in [0.05, 0.1) is 19.2 Å². The zero-order valence-corrected chi connectivity index (χ0v) is 18.9. The Labute approximate surface area is 202 Å². The summed E-state index contributed by atoms with van der Waals surface area (Å²) in [7, 11) is 1.54. The summed E-state index contributed by atoms with van der Waals surface area (Å²) in [5, 5.41) is 10.5. The molecule has 6 nitrogen and oxygen atoms in total. The highest BCUT2D eigenvalue weighted by Gasteiger charge is 2.65. The summed E-state index contributed by atoms with van der Waals surface area (Å²) in [6, 6.07) is 20.3. The quantitative estimate of drug-likeness (QED) is 0.571. The van der Waals surface area contributed by atoms with Crippen LogP contribution in [0.1, 0.15) is 27.4 Å². The molecule has 0 aromatic heterocycles. The highest BCUT2D eigenvalue weighted by Crippen LogP contribution is 2.55. The molecule has 0 aliphatic carbocycles. The van der Waals surface area contributed by atoms with Crippen LogP contribution in [0.25, 0.3) is 6.08 Å². The number of hydrogen-bond donors (Lipinski definition) is 1. The van der Waals surface area contributed by atoms with Crippen LogP contribution >= 0.6 is 0 Å². The number of primary amides is 1. The second-order valence-corrected chi connectivity index (χ2v) is 8.69. The number of rotatable bonds is 5. The summed E-state index contributed by atoms with van der Waals surface area (Å²) >= 11 is 0. The van der Waals surface area contributed by atoms with Gasteiger partial charge in [-0.25, -0.2) is 4.39 Å². The fraction of sp³-hybridized carbons (Fsp3) is 0.179. The first-order valence-corrected chi connectivity index (χ1v) is 11.1. The number of carbonyl (C=O) groups is 2. The van der Waals surface area contributed by atoms with Gasteiger partial charge in [0.25, 0.3) is 0 Å². The summed E-state index contributed by atoms with van der Waals surface area (Å²) < 4.78 is 19.3. The maximum atomic E-state index is 14.1. The number of anilines is 1. The Morgan fingerprint density at radius 2 is 1.80 bits per heavy atom. The molecular weight excluding hydrogens is 445 g/mol. The number of carbonyl (C=O) groups excluding carboxylic acids is 2. The van der Waals surface area contributed by atoms with Crippen molar-refractivity contribution in [2.24, 2.45) is 11.1 Å². The molecule has 4 atom stereocenters. The van der Waals surface area contributed by atoms with Crippen LogP contribution < -0.4 is 15.4 Å². The molecule has 2 aliphatic heterocycles. The fourth-order valence-corrected chi connectivity index (χ4v) is 5.42. The number of hydrogen-bond acceptors (Lipinski definition) is 5. The van der Waals surface area contributed by atoms with Gasteiger partial charge in [-0.2, -0.15) is 5.26 Å². The largest absolute Gasteiger partial charge is 0.497 e. The summed E-state index contributed by atoms with van der Waals surface area (Å²) in [4.78, 5) is 29.0. The molecule has 0 unspecified atom stereocenters. The number of benzene rings is 3. The molecule has 0 saturated carbocycles. The molecule has 174 valence electrons. The van der Waals surface area contributed by atoms with Gasteiger partial charge < -0.3 is 15.4 Å². The van der Waals surface area contributed by atoms with Gasteiger partial charge in [-0.1, -0.05) is 54.6 Å². The number of Topliss-reactive ketones (excluding diaryl/α,β-unsaturated/α-hetero) is 1. The zero-order chi connectivity index (χ0) is 24.7. The first-order valence-electron chi connectivity index (χ1n) is 11.1. The van der Waals surface area contributed by atoms with E-state index >= 15 is 0 Å². The lowest BCUT2D eigenvalue weighted by Gasteiger charge is -2.36. The molecule has 0 spiro atoms. The van der Waals surface area contributed by atoms with E-state index < -0.39 is 35.1 Å². The van der Waals surface area contributed by atoms with Gasteiger partial charge in [0, 0.05) is 22.7 Å². The summed E-state index contributed by atoms with van der Waals surface area (Å²) in [6.45, 7) is 0. The van der Waals surface area contributed by atoms with E-state index in [1.54, 1.807) is 77.7 Å². The lowest BCUT2D eigenvalue weighted by molar-refractivity contribution is -0.125. The first-order chi connectivity index (χ1) is 16.9. The van der Waals surface area contributed by atoms with E-state index in [-0.39, 0.29) is 5.78 Å². The van der Waals surface area contributed by atoms with Crippen molar-refractivity contribution in [3.05, 3.63) is 101 Å². The van der Waals surface area contributed by atoms with Gasteiger partial charge in [0.15, 0.2) is 11.2 Å². The van der Waals surface area contributed by atoms with E-state index in [0.29, 0.717) is 28.1 Å². The highest BCUT2D eigenvalue weighted by molar-refractivity contribution is 6.06. The second kappa shape index (κ2) is 8.41. The van der Waals surface area contributed by atoms with Crippen LogP contribution in [0, 0.1) is 22.6 Å². The molecule has 2 N–H and O–H groups in total. The zero-order valence-electron chi connectivity index (χ0n) is 18.9. The molecule has 2 aliphatic rings. The maximum Gasteiger partial charge on any atom is 0.241 e. The fourth-order valence-electron chi connectivity index (χ4n) is 5.42. The normalized spacial score (nSPS) is 24.3. The van der Waals surface area contributed by atoms with Crippen LogP contribution in [-0.4, -0.2) is 30.9 Å². The number of nitrogens with two attached hydrogens (primary N) is 1. The van der Waals surface area contributed by atoms with Crippen LogP contribution in [-0.2, 0) is 4.79 Å². The molecule has 3 aromatic rings. The maximum absolute atomic E-state index is 14.1. The number of halogens is 1. The Hall–Kier alpha value is -4.44. The Kier molecular flexibility index (Phi) is 5.37. The van der Waals surface area contributed by atoms with Crippen LogP contribution in [0.2, 0.25) is 0 Å². The summed E-state index contributed by atoms with van der Waals surface area (Å²) in [5.41, 5.74) is 6.36. The Balaban J connectivity index is 1.80. The van der Waals surface area contributed by atoms with Gasteiger partial charge in [-0.15, -0.1) is 0 Å². The first kappa shape index (κ1) is 22.4. The molecule has 0 bridgehead atoms. The van der Waals surface area contributed by atoms with Gasteiger partial charge >= 0.3 is 0 Å². The van der Waals surface area contributed by atoms with E-state index in [2.05, 4.69) is 6.07 Å². The van der Waals surface area contributed by atoms with Crippen molar-refractivity contribution in [1.29, 1.82) is 5.26 Å². The Morgan fingerprint density at radius 3 is 2.43 bits per heavy atom. The molecule has 35 heavy (non-hydrogen) atoms. The lowest BCUT2D eigenvalue weighted by Crippen LogP contribution is -2.49. The summed E-state index contributed by atoms with van der Waals surface area (Å²) in [6.07, 6.45) is 3.35. The van der Waals surface area contributed by atoms with Crippen molar-refractivity contribution >= 4 is 23.5 Å². The predicted molar refractivity (Wildman–Crippen MR) is 129 cm³/mol. The van der Waals surface area contributed by atoms with E-state index in [1.165, 1.54) is 19.2 Å². The van der Waals surface area contributed by atoms with Gasteiger partial charge in [0.2, 0.25) is 5.91 Å². The van der Waals surface area contributed by atoms with Crippen LogP contribution in [0.4, 0.5) is 10.1 Å². The monoisotopic (exact) mass is 467 g/mol. The second-order valence-electron chi connectivity index (χ2n) is 8.69. The van der Waals surface area contributed by atoms with E-state index in [1.807, 2.05) is 0 Å². The van der Waals surface area contributed by atoms with Gasteiger partial charge in [-0.3, -0.25) is 9.59 Å².